The van der Waals surface area contributed by atoms with Crippen LogP contribution in [0.5, 0.6) is 0 Å². The smallest absolute Gasteiger partial charge is 0.231 e. The largest absolute Gasteiger partial charge is 0.379 e. The highest BCUT2D eigenvalue weighted by Gasteiger charge is 2.04. The second-order valence-corrected chi connectivity index (χ2v) is 2.74. The zero-order chi connectivity index (χ0) is 10.1. The lowest BCUT2D eigenvalue weighted by Crippen LogP contribution is -2.36. The highest BCUT2D eigenvalue weighted by Crippen LogP contribution is 1.86. The molecule has 0 aromatic carbocycles. The monoisotopic (exact) mass is 189 g/mol. The first-order chi connectivity index (χ1) is 6.20. The molecule has 0 rings (SSSR count). The predicted octanol–water partition coefficient (Wildman–Crippen LogP) is -1.23. The van der Waals surface area contributed by atoms with Crippen LogP contribution in [0.1, 0.15) is 6.92 Å². The summed E-state index contributed by atoms with van der Waals surface area (Å²) in [4.78, 5) is 12.5. The molecule has 0 fully saturated rings. The van der Waals surface area contributed by atoms with E-state index in [2.05, 4.69) is 0 Å². The summed E-state index contributed by atoms with van der Waals surface area (Å²) in [6.45, 7) is 5.48. The molecule has 1 amide bonds. The van der Waals surface area contributed by atoms with E-state index in [0.29, 0.717) is 26.3 Å². The van der Waals surface area contributed by atoms with Gasteiger partial charge in [-0.15, -0.1) is 0 Å². The van der Waals surface area contributed by atoms with Crippen LogP contribution in [0.25, 0.3) is 0 Å². The van der Waals surface area contributed by atoms with Crippen LogP contribution in [-0.4, -0.2) is 50.2 Å². The Hall–Kier alpha value is -0.650. The van der Waals surface area contributed by atoms with Crippen LogP contribution >= 0.6 is 0 Å². The molecule has 0 atom stereocenters. The molecule has 0 aliphatic rings. The van der Waals surface area contributed by atoms with Gasteiger partial charge in [-0.3, -0.25) is 9.69 Å². The normalized spacial score (nSPS) is 10.7. The SMILES string of the molecule is CCN(CCOCCN)CC(N)=O. The van der Waals surface area contributed by atoms with Gasteiger partial charge in [-0.1, -0.05) is 6.92 Å². The average molecular weight is 189 g/mol. The number of carbonyl (C=O) groups is 1. The van der Waals surface area contributed by atoms with Crippen LogP contribution in [-0.2, 0) is 9.53 Å². The molecule has 0 aliphatic heterocycles. The van der Waals surface area contributed by atoms with Crippen molar-refractivity contribution >= 4 is 5.91 Å². The first kappa shape index (κ1) is 12.3. The van der Waals surface area contributed by atoms with Crippen molar-refractivity contribution in [2.24, 2.45) is 11.5 Å². The van der Waals surface area contributed by atoms with E-state index in [0.717, 1.165) is 13.1 Å². The Balaban J connectivity index is 3.42. The standard InChI is InChI=1S/C8H19N3O2/c1-2-11(7-8(10)12)4-6-13-5-3-9/h2-7,9H2,1H3,(H2,10,12). The van der Waals surface area contributed by atoms with Crippen molar-refractivity contribution in [3.8, 4) is 0 Å². The lowest BCUT2D eigenvalue weighted by atomic mass is 10.4. The number of nitrogens with two attached hydrogens (primary N) is 2. The number of rotatable bonds is 8. The third-order valence-electron chi connectivity index (χ3n) is 1.64. The molecule has 0 saturated carbocycles. The Kier molecular flexibility index (Phi) is 7.57. The molecule has 0 radical (unpaired) electrons. The molecule has 13 heavy (non-hydrogen) atoms. The summed E-state index contributed by atoms with van der Waals surface area (Å²) in [6.07, 6.45) is 0. The van der Waals surface area contributed by atoms with Crippen molar-refractivity contribution in [3.05, 3.63) is 0 Å². The molecule has 5 heteroatoms. The van der Waals surface area contributed by atoms with Crippen LogP contribution in [0.4, 0.5) is 0 Å². The fourth-order valence-corrected chi connectivity index (χ4v) is 0.948. The van der Waals surface area contributed by atoms with E-state index in [1.165, 1.54) is 0 Å². The van der Waals surface area contributed by atoms with Gasteiger partial charge >= 0.3 is 0 Å². The van der Waals surface area contributed by atoms with Crippen molar-refractivity contribution in [2.75, 3.05) is 39.4 Å². The van der Waals surface area contributed by atoms with Crippen molar-refractivity contribution < 1.29 is 9.53 Å². The Bertz CT molecular complexity index is 141. The number of nitrogens with zero attached hydrogens (tertiary/aromatic N) is 1. The van der Waals surface area contributed by atoms with Gasteiger partial charge in [0.1, 0.15) is 0 Å². The van der Waals surface area contributed by atoms with Crippen molar-refractivity contribution in [1.82, 2.24) is 4.90 Å². The second-order valence-electron chi connectivity index (χ2n) is 2.74. The van der Waals surface area contributed by atoms with E-state index >= 15 is 0 Å². The first-order valence-electron chi connectivity index (χ1n) is 4.49. The molecule has 0 bridgehead atoms. The van der Waals surface area contributed by atoms with E-state index in [1.54, 1.807) is 0 Å². The average Bonchev–Trinajstić information content (AvgIpc) is 2.09. The quantitative estimate of drug-likeness (QED) is 0.468. The maximum absolute atomic E-state index is 10.6. The minimum absolute atomic E-state index is 0.294. The molecule has 4 N–H and O–H groups in total. The van der Waals surface area contributed by atoms with Gasteiger partial charge in [0.05, 0.1) is 19.8 Å². The number of primary amides is 1. The Labute approximate surface area is 79.0 Å². The van der Waals surface area contributed by atoms with Crippen molar-refractivity contribution in [1.29, 1.82) is 0 Å². The van der Waals surface area contributed by atoms with E-state index in [1.807, 2.05) is 11.8 Å². The van der Waals surface area contributed by atoms with E-state index < -0.39 is 0 Å². The van der Waals surface area contributed by atoms with Crippen LogP contribution in [0.2, 0.25) is 0 Å². The van der Waals surface area contributed by atoms with Crippen molar-refractivity contribution in [2.45, 2.75) is 6.92 Å². The van der Waals surface area contributed by atoms with Gasteiger partial charge in [-0.2, -0.15) is 0 Å². The second kappa shape index (κ2) is 7.97. The molecule has 0 unspecified atom stereocenters. The maximum Gasteiger partial charge on any atom is 0.231 e. The molecular weight excluding hydrogens is 170 g/mol. The van der Waals surface area contributed by atoms with Crippen molar-refractivity contribution in [3.63, 3.8) is 0 Å². The minimum atomic E-state index is -0.305. The Morgan fingerprint density at radius 1 is 1.46 bits per heavy atom. The number of amides is 1. The summed E-state index contributed by atoms with van der Waals surface area (Å²) in [7, 11) is 0. The van der Waals surface area contributed by atoms with Gasteiger partial charge in [0.15, 0.2) is 0 Å². The summed E-state index contributed by atoms with van der Waals surface area (Å²) in [5.41, 5.74) is 10.3. The zero-order valence-corrected chi connectivity index (χ0v) is 8.16. The molecule has 0 heterocycles. The van der Waals surface area contributed by atoms with Crippen LogP contribution in [0.15, 0.2) is 0 Å². The summed E-state index contributed by atoms with van der Waals surface area (Å²) in [6, 6.07) is 0. The third kappa shape index (κ3) is 7.70. The van der Waals surface area contributed by atoms with E-state index in [9.17, 15) is 4.79 Å². The zero-order valence-electron chi connectivity index (χ0n) is 8.16. The topological polar surface area (TPSA) is 81.6 Å². The van der Waals surface area contributed by atoms with E-state index in [4.69, 9.17) is 16.2 Å². The van der Waals surface area contributed by atoms with E-state index in [-0.39, 0.29) is 5.91 Å². The number of carbonyl (C=O) groups excluding carboxylic acids is 1. The highest BCUT2D eigenvalue weighted by atomic mass is 16.5. The summed E-state index contributed by atoms with van der Waals surface area (Å²) in [5, 5.41) is 0. The first-order valence-corrected chi connectivity index (χ1v) is 4.49. The lowest BCUT2D eigenvalue weighted by molar-refractivity contribution is -0.119. The number of ether oxygens (including phenoxy) is 1. The minimum Gasteiger partial charge on any atom is -0.379 e. The van der Waals surface area contributed by atoms with Gasteiger partial charge in [0.2, 0.25) is 5.91 Å². The van der Waals surface area contributed by atoms with Gasteiger partial charge in [-0.25, -0.2) is 0 Å². The third-order valence-corrected chi connectivity index (χ3v) is 1.64. The molecule has 0 aliphatic carbocycles. The lowest BCUT2D eigenvalue weighted by Gasteiger charge is -2.17. The molecular formula is C8H19N3O2. The van der Waals surface area contributed by atoms with Gasteiger partial charge < -0.3 is 16.2 Å². The molecule has 0 aromatic heterocycles. The summed E-state index contributed by atoms with van der Waals surface area (Å²) >= 11 is 0. The Morgan fingerprint density at radius 3 is 2.62 bits per heavy atom. The molecule has 0 saturated heterocycles. The van der Waals surface area contributed by atoms with Gasteiger partial charge in [0, 0.05) is 13.1 Å². The highest BCUT2D eigenvalue weighted by molar-refractivity contribution is 5.75. The fraction of sp³-hybridized carbons (Fsp3) is 0.875. The molecule has 5 nitrogen and oxygen atoms in total. The molecule has 0 aromatic rings. The Morgan fingerprint density at radius 2 is 2.15 bits per heavy atom. The maximum atomic E-state index is 10.6. The predicted molar refractivity (Wildman–Crippen MR) is 51.2 cm³/mol. The van der Waals surface area contributed by atoms with Gasteiger partial charge in [0.25, 0.3) is 0 Å². The van der Waals surface area contributed by atoms with Gasteiger partial charge in [-0.05, 0) is 6.54 Å². The van der Waals surface area contributed by atoms with Crippen LogP contribution < -0.4 is 11.5 Å². The van der Waals surface area contributed by atoms with Crippen LogP contribution in [0, 0.1) is 0 Å². The number of likely N-dealkylation sites (N-methyl/N-ethyl adjacent to an activating group) is 1. The fourth-order valence-electron chi connectivity index (χ4n) is 0.948. The molecule has 78 valence electrons. The number of hydrogen-bond donors (Lipinski definition) is 2. The molecule has 0 spiro atoms. The summed E-state index contributed by atoms with van der Waals surface area (Å²) < 4.78 is 5.18. The number of hydrogen-bond acceptors (Lipinski definition) is 4. The summed E-state index contributed by atoms with van der Waals surface area (Å²) in [5.74, 6) is -0.305. The van der Waals surface area contributed by atoms with Crippen LogP contribution in [0.3, 0.4) is 0 Å².